The van der Waals surface area contributed by atoms with Gasteiger partial charge in [0, 0.05) is 28.4 Å². The number of hydrogen-bond donors (Lipinski definition) is 1. The van der Waals surface area contributed by atoms with Crippen LogP contribution in [-0.4, -0.2) is 15.8 Å². The van der Waals surface area contributed by atoms with Crippen molar-refractivity contribution in [3.63, 3.8) is 0 Å². The number of rotatable bonds is 6. The van der Waals surface area contributed by atoms with E-state index in [1.54, 1.807) is 24.4 Å². The van der Waals surface area contributed by atoms with Crippen LogP contribution in [0.1, 0.15) is 15.2 Å². The number of carbonyl (C=O) groups excluding carboxylic acids is 1. The standard InChI is InChI=1S/C17H12BrN3O4S/c18-12-1-6-16(19-8-12)20-17(22)15-7-11(10-26-15)9-25-14-4-2-13(3-5-14)21(23)24/h1-8,10H,9H2,(H,19,20,22). The summed E-state index contributed by atoms with van der Waals surface area (Å²) in [4.78, 5) is 27.0. The minimum atomic E-state index is -0.464. The number of benzene rings is 1. The van der Waals surface area contributed by atoms with Crippen LogP contribution in [0.25, 0.3) is 0 Å². The summed E-state index contributed by atoms with van der Waals surface area (Å²) >= 11 is 4.59. The maximum atomic E-state index is 12.2. The Morgan fingerprint density at radius 1 is 1.27 bits per heavy atom. The molecular formula is C17H12BrN3O4S. The molecule has 0 saturated heterocycles. The van der Waals surface area contributed by atoms with Crippen LogP contribution in [0.15, 0.2) is 58.5 Å². The molecule has 3 aromatic rings. The Kier molecular flexibility index (Phi) is 5.59. The van der Waals surface area contributed by atoms with Crippen molar-refractivity contribution in [2.24, 2.45) is 0 Å². The molecule has 0 bridgehead atoms. The monoisotopic (exact) mass is 433 g/mol. The Hall–Kier alpha value is -2.78. The molecule has 0 spiro atoms. The third-order valence-corrected chi connectivity index (χ3v) is 4.75. The zero-order valence-electron chi connectivity index (χ0n) is 13.2. The molecule has 1 aromatic carbocycles. The van der Waals surface area contributed by atoms with Gasteiger partial charge < -0.3 is 10.1 Å². The first-order chi connectivity index (χ1) is 12.5. The molecule has 0 unspecified atom stereocenters. The molecule has 3 rings (SSSR count). The molecule has 0 saturated carbocycles. The second-order valence-electron chi connectivity index (χ2n) is 5.17. The Bertz CT molecular complexity index is 926. The lowest BCUT2D eigenvalue weighted by atomic mass is 10.3. The fourth-order valence-corrected chi connectivity index (χ4v) is 3.06. The lowest BCUT2D eigenvalue weighted by molar-refractivity contribution is -0.384. The summed E-state index contributed by atoms with van der Waals surface area (Å²) in [5.41, 5.74) is 0.843. The number of hydrogen-bond acceptors (Lipinski definition) is 6. The van der Waals surface area contributed by atoms with Crippen molar-refractivity contribution in [1.29, 1.82) is 0 Å². The number of nitrogens with zero attached hydrogens (tertiary/aromatic N) is 2. The summed E-state index contributed by atoms with van der Waals surface area (Å²) < 4.78 is 6.42. The average Bonchev–Trinajstić information content (AvgIpc) is 3.11. The Morgan fingerprint density at radius 3 is 2.69 bits per heavy atom. The molecular weight excluding hydrogens is 422 g/mol. The number of nitrogens with one attached hydrogen (secondary N) is 1. The molecule has 0 aliphatic heterocycles. The second-order valence-corrected chi connectivity index (χ2v) is 7.00. The van der Waals surface area contributed by atoms with E-state index in [2.05, 4.69) is 26.2 Å². The molecule has 0 radical (unpaired) electrons. The van der Waals surface area contributed by atoms with Crippen LogP contribution in [0, 0.1) is 10.1 Å². The second kappa shape index (κ2) is 8.07. The number of nitro benzene ring substituents is 1. The highest BCUT2D eigenvalue weighted by molar-refractivity contribution is 9.10. The van der Waals surface area contributed by atoms with E-state index < -0.39 is 4.92 Å². The molecule has 0 atom stereocenters. The first-order valence-corrected chi connectivity index (χ1v) is 9.06. The van der Waals surface area contributed by atoms with Gasteiger partial charge in [-0.1, -0.05) is 0 Å². The summed E-state index contributed by atoms with van der Waals surface area (Å²) in [5.74, 6) is 0.744. The normalized spacial score (nSPS) is 10.3. The van der Waals surface area contributed by atoms with Gasteiger partial charge in [-0.3, -0.25) is 14.9 Å². The van der Waals surface area contributed by atoms with E-state index in [0.717, 1.165) is 10.0 Å². The van der Waals surface area contributed by atoms with E-state index in [0.29, 0.717) is 16.4 Å². The first-order valence-electron chi connectivity index (χ1n) is 7.39. The van der Waals surface area contributed by atoms with Gasteiger partial charge in [0.2, 0.25) is 0 Å². The maximum absolute atomic E-state index is 12.2. The molecule has 0 aliphatic rings. The molecule has 0 aliphatic carbocycles. The lowest BCUT2D eigenvalue weighted by Crippen LogP contribution is -2.11. The molecule has 2 heterocycles. The number of halogens is 1. The van der Waals surface area contributed by atoms with E-state index in [1.807, 2.05) is 5.38 Å². The zero-order valence-corrected chi connectivity index (χ0v) is 15.6. The summed E-state index contributed by atoms with van der Waals surface area (Å²) in [6.45, 7) is 0.262. The van der Waals surface area contributed by atoms with Gasteiger partial charge in [-0.05, 0) is 51.6 Å². The number of pyridine rings is 1. The summed E-state index contributed by atoms with van der Waals surface area (Å²) in [6, 6.07) is 11.1. The maximum Gasteiger partial charge on any atom is 0.269 e. The first kappa shape index (κ1) is 18.0. The number of anilines is 1. The SMILES string of the molecule is O=C(Nc1ccc(Br)cn1)c1cc(COc2ccc([N+](=O)[O-])cc2)cs1. The smallest absolute Gasteiger partial charge is 0.269 e. The van der Waals surface area contributed by atoms with Crippen molar-refractivity contribution in [1.82, 2.24) is 4.98 Å². The summed E-state index contributed by atoms with van der Waals surface area (Å²) in [5, 5.41) is 15.2. The van der Waals surface area contributed by atoms with Crippen molar-refractivity contribution in [3.8, 4) is 5.75 Å². The third kappa shape index (κ3) is 4.64. The van der Waals surface area contributed by atoms with Gasteiger partial charge in [-0.15, -0.1) is 11.3 Å². The van der Waals surface area contributed by atoms with Gasteiger partial charge in [0.1, 0.15) is 18.2 Å². The van der Waals surface area contributed by atoms with Gasteiger partial charge in [0.05, 0.1) is 9.80 Å². The number of aromatic nitrogens is 1. The minimum Gasteiger partial charge on any atom is -0.489 e. The molecule has 1 amide bonds. The van der Waals surface area contributed by atoms with E-state index in [1.165, 1.54) is 35.6 Å². The van der Waals surface area contributed by atoms with Gasteiger partial charge in [-0.25, -0.2) is 4.98 Å². The average molecular weight is 434 g/mol. The minimum absolute atomic E-state index is 0.00777. The van der Waals surface area contributed by atoms with Crippen LogP contribution < -0.4 is 10.1 Å². The van der Waals surface area contributed by atoms with Crippen LogP contribution >= 0.6 is 27.3 Å². The highest BCUT2D eigenvalue weighted by atomic mass is 79.9. The highest BCUT2D eigenvalue weighted by Gasteiger charge is 2.11. The largest absolute Gasteiger partial charge is 0.489 e. The van der Waals surface area contributed by atoms with Gasteiger partial charge in [-0.2, -0.15) is 0 Å². The Balaban J connectivity index is 1.57. The molecule has 1 N–H and O–H groups in total. The van der Waals surface area contributed by atoms with E-state index >= 15 is 0 Å². The van der Waals surface area contributed by atoms with Crippen molar-refractivity contribution in [2.75, 3.05) is 5.32 Å². The molecule has 2 aromatic heterocycles. The predicted molar refractivity (Wildman–Crippen MR) is 102 cm³/mol. The van der Waals surface area contributed by atoms with Crippen molar-refractivity contribution < 1.29 is 14.5 Å². The Morgan fingerprint density at radius 2 is 2.04 bits per heavy atom. The van der Waals surface area contributed by atoms with Crippen LogP contribution in [0.3, 0.4) is 0 Å². The lowest BCUT2D eigenvalue weighted by Gasteiger charge is -2.04. The molecule has 9 heteroatoms. The van der Waals surface area contributed by atoms with Gasteiger partial charge in [0.15, 0.2) is 0 Å². The molecule has 0 fully saturated rings. The van der Waals surface area contributed by atoms with Crippen LogP contribution in [0.4, 0.5) is 11.5 Å². The number of ether oxygens (including phenoxy) is 1. The van der Waals surface area contributed by atoms with Crippen molar-refractivity contribution in [3.05, 3.63) is 79.1 Å². The van der Waals surface area contributed by atoms with Crippen LogP contribution in [-0.2, 0) is 6.61 Å². The summed E-state index contributed by atoms with van der Waals surface area (Å²) in [6.07, 6.45) is 1.60. The zero-order chi connectivity index (χ0) is 18.5. The fraction of sp³-hybridized carbons (Fsp3) is 0.0588. The van der Waals surface area contributed by atoms with Crippen LogP contribution in [0.2, 0.25) is 0 Å². The predicted octanol–water partition coefficient (Wildman–Crippen LogP) is 4.65. The van der Waals surface area contributed by atoms with E-state index in [-0.39, 0.29) is 18.2 Å². The van der Waals surface area contributed by atoms with Crippen molar-refractivity contribution in [2.45, 2.75) is 6.61 Å². The van der Waals surface area contributed by atoms with E-state index in [4.69, 9.17) is 4.74 Å². The summed E-state index contributed by atoms with van der Waals surface area (Å²) in [7, 11) is 0. The topological polar surface area (TPSA) is 94.4 Å². The highest BCUT2D eigenvalue weighted by Crippen LogP contribution is 2.21. The van der Waals surface area contributed by atoms with Gasteiger partial charge >= 0.3 is 0 Å². The molecule has 132 valence electrons. The van der Waals surface area contributed by atoms with E-state index in [9.17, 15) is 14.9 Å². The van der Waals surface area contributed by atoms with Crippen LogP contribution in [0.5, 0.6) is 5.75 Å². The number of nitro groups is 1. The third-order valence-electron chi connectivity index (χ3n) is 3.30. The van der Waals surface area contributed by atoms with Gasteiger partial charge in [0.25, 0.3) is 11.6 Å². The number of amides is 1. The number of thiophene rings is 1. The Labute approximate surface area is 160 Å². The number of non-ortho nitro benzene ring substituents is 1. The molecule has 7 nitrogen and oxygen atoms in total. The quantitative estimate of drug-likeness (QED) is 0.451. The fourth-order valence-electron chi connectivity index (χ4n) is 2.03. The molecule has 26 heavy (non-hydrogen) atoms. The van der Waals surface area contributed by atoms with Crippen molar-refractivity contribution >= 4 is 44.7 Å². The number of carbonyl (C=O) groups is 1.